The molecule has 0 radical (unpaired) electrons. The second kappa shape index (κ2) is 3.97. The summed E-state index contributed by atoms with van der Waals surface area (Å²) in [7, 11) is -3.22. The Balaban J connectivity index is 2.15. The van der Waals surface area contributed by atoms with Gasteiger partial charge in [0.25, 0.3) is 0 Å². The molecule has 1 saturated carbocycles. The van der Waals surface area contributed by atoms with Gasteiger partial charge < -0.3 is 5.73 Å². The molecule has 0 heterocycles. The van der Waals surface area contributed by atoms with E-state index in [4.69, 9.17) is 5.73 Å². The molecule has 1 aliphatic rings. The van der Waals surface area contributed by atoms with Crippen molar-refractivity contribution in [3.63, 3.8) is 0 Å². The Kier molecular flexibility index (Phi) is 2.80. The monoisotopic (exact) mass is 240 g/mol. The molecule has 0 aliphatic heterocycles. The number of hydrogen-bond donors (Lipinski definition) is 2. The van der Waals surface area contributed by atoms with Crippen LogP contribution in [-0.2, 0) is 10.0 Å². The van der Waals surface area contributed by atoms with E-state index in [9.17, 15) is 8.42 Å². The minimum Gasteiger partial charge on any atom is -0.399 e. The standard InChI is InChI=1S/C11H16N2O2S/c1-8-2-5-10(12)6-11(8)13-16(14,15)7-9-3-4-9/h2,5-6,9,13H,3-4,7,12H2,1H3. The van der Waals surface area contributed by atoms with Gasteiger partial charge in [-0.15, -0.1) is 0 Å². The zero-order valence-electron chi connectivity index (χ0n) is 9.23. The fourth-order valence-electron chi connectivity index (χ4n) is 1.55. The SMILES string of the molecule is Cc1ccc(N)cc1NS(=O)(=O)CC1CC1. The maximum Gasteiger partial charge on any atom is 0.233 e. The van der Waals surface area contributed by atoms with E-state index < -0.39 is 10.0 Å². The zero-order chi connectivity index (χ0) is 11.8. The molecular weight excluding hydrogens is 224 g/mol. The van der Waals surface area contributed by atoms with Crippen LogP contribution in [0, 0.1) is 12.8 Å². The van der Waals surface area contributed by atoms with Crippen LogP contribution in [0.15, 0.2) is 18.2 Å². The molecule has 4 nitrogen and oxygen atoms in total. The Bertz CT molecular complexity index is 493. The van der Waals surface area contributed by atoms with Crippen molar-refractivity contribution in [2.45, 2.75) is 19.8 Å². The first-order valence-electron chi connectivity index (χ1n) is 5.33. The number of nitrogens with two attached hydrogens (primary N) is 1. The van der Waals surface area contributed by atoms with Crippen molar-refractivity contribution in [1.82, 2.24) is 0 Å². The predicted molar refractivity (Wildman–Crippen MR) is 65.7 cm³/mol. The number of benzene rings is 1. The van der Waals surface area contributed by atoms with Crippen molar-refractivity contribution in [2.24, 2.45) is 5.92 Å². The number of anilines is 2. The van der Waals surface area contributed by atoms with Gasteiger partial charge in [-0.2, -0.15) is 0 Å². The van der Waals surface area contributed by atoms with Gasteiger partial charge in [-0.1, -0.05) is 6.07 Å². The van der Waals surface area contributed by atoms with Crippen LogP contribution in [0.4, 0.5) is 11.4 Å². The van der Waals surface area contributed by atoms with Gasteiger partial charge in [0.2, 0.25) is 10.0 Å². The lowest BCUT2D eigenvalue weighted by atomic mass is 10.2. The molecule has 1 fully saturated rings. The van der Waals surface area contributed by atoms with Gasteiger partial charge in [0.05, 0.1) is 11.4 Å². The first-order chi connectivity index (χ1) is 7.46. The molecule has 0 unspecified atom stereocenters. The predicted octanol–water partition coefficient (Wildman–Crippen LogP) is 1.73. The summed E-state index contributed by atoms with van der Waals surface area (Å²) in [6, 6.07) is 5.22. The molecule has 16 heavy (non-hydrogen) atoms. The average molecular weight is 240 g/mol. The van der Waals surface area contributed by atoms with Crippen molar-refractivity contribution in [3.05, 3.63) is 23.8 Å². The van der Waals surface area contributed by atoms with Gasteiger partial charge in [0.1, 0.15) is 0 Å². The third-order valence-corrected chi connectivity index (χ3v) is 4.12. The molecule has 0 atom stereocenters. The fourth-order valence-corrected chi connectivity index (χ4v) is 3.15. The highest BCUT2D eigenvalue weighted by molar-refractivity contribution is 7.92. The Hall–Kier alpha value is -1.23. The van der Waals surface area contributed by atoms with Gasteiger partial charge in [-0.25, -0.2) is 8.42 Å². The first-order valence-corrected chi connectivity index (χ1v) is 6.98. The van der Waals surface area contributed by atoms with E-state index in [0.717, 1.165) is 18.4 Å². The minimum atomic E-state index is -3.22. The van der Waals surface area contributed by atoms with E-state index in [-0.39, 0.29) is 5.75 Å². The van der Waals surface area contributed by atoms with Crippen LogP contribution in [0.2, 0.25) is 0 Å². The second-order valence-corrected chi connectivity index (χ2v) is 6.17. The van der Waals surface area contributed by atoms with Gasteiger partial charge in [0.15, 0.2) is 0 Å². The van der Waals surface area contributed by atoms with Crippen LogP contribution in [0.1, 0.15) is 18.4 Å². The summed E-state index contributed by atoms with van der Waals surface area (Å²) in [5, 5.41) is 0. The summed E-state index contributed by atoms with van der Waals surface area (Å²) >= 11 is 0. The largest absolute Gasteiger partial charge is 0.399 e. The van der Waals surface area contributed by atoms with Crippen LogP contribution >= 0.6 is 0 Å². The fraction of sp³-hybridized carbons (Fsp3) is 0.455. The Morgan fingerprint density at radius 1 is 1.44 bits per heavy atom. The van der Waals surface area contributed by atoms with Gasteiger partial charge in [0, 0.05) is 5.69 Å². The maximum absolute atomic E-state index is 11.8. The van der Waals surface area contributed by atoms with Crippen LogP contribution in [0.25, 0.3) is 0 Å². The molecule has 0 spiro atoms. The average Bonchev–Trinajstić information content (AvgIpc) is 2.94. The number of rotatable bonds is 4. The lowest BCUT2D eigenvalue weighted by molar-refractivity contribution is 0.597. The van der Waals surface area contributed by atoms with E-state index >= 15 is 0 Å². The molecule has 1 aromatic carbocycles. The lowest BCUT2D eigenvalue weighted by Gasteiger charge is -2.10. The molecule has 88 valence electrons. The van der Waals surface area contributed by atoms with Crippen molar-refractivity contribution in [3.8, 4) is 0 Å². The second-order valence-electron chi connectivity index (χ2n) is 4.40. The Morgan fingerprint density at radius 2 is 2.12 bits per heavy atom. The van der Waals surface area contributed by atoms with Crippen molar-refractivity contribution < 1.29 is 8.42 Å². The summed E-state index contributed by atoms with van der Waals surface area (Å²) in [4.78, 5) is 0. The highest BCUT2D eigenvalue weighted by atomic mass is 32.2. The Labute approximate surface area is 95.9 Å². The van der Waals surface area contributed by atoms with Gasteiger partial charge in [-0.05, 0) is 43.4 Å². The maximum atomic E-state index is 11.8. The molecule has 0 aromatic heterocycles. The number of sulfonamides is 1. The number of hydrogen-bond acceptors (Lipinski definition) is 3. The molecule has 1 aromatic rings. The topological polar surface area (TPSA) is 72.2 Å². The number of aryl methyl sites for hydroxylation is 1. The molecular formula is C11H16N2O2S. The molecule has 1 aliphatic carbocycles. The van der Waals surface area contributed by atoms with E-state index in [1.54, 1.807) is 12.1 Å². The van der Waals surface area contributed by atoms with Gasteiger partial charge in [-0.3, -0.25) is 4.72 Å². The summed E-state index contributed by atoms with van der Waals surface area (Å²) < 4.78 is 26.1. The van der Waals surface area contributed by atoms with E-state index in [1.807, 2.05) is 13.0 Å². The molecule has 0 saturated heterocycles. The summed E-state index contributed by atoms with van der Waals surface area (Å²) in [6.45, 7) is 1.86. The molecule has 0 amide bonds. The third-order valence-electron chi connectivity index (χ3n) is 2.68. The first kappa shape index (κ1) is 11.3. The van der Waals surface area contributed by atoms with Crippen molar-refractivity contribution in [1.29, 1.82) is 0 Å². The highest BCUT2D eigenvalue weighted by Crippen LogP contribution is 2.31. The van der Waals surface area contributed by atoms with Crippen LogP contribution in [0.5, 0.6) is 0 Å². The lowest BCUT2D eigenvalue weighted by Crippen LogP contribution is -2.18. The summed E-state index contributed by atoms with van der Waals surface area (Å²) in [5.41, 5.74) is 7.66. The van der Waals surface area contributed by atoms with Crippen LogP contribution in [0.3, 0.4) is 0 Å². The minimum absolute atomic E-state index is 0.223. The molecule has 2 rings (SSSR count). The van der Waals surface area contributed by atoms with E-state index in [1.165, 1.54) is 0 Å². The molecule has 5 heteroatoms. The quantitative estimate of drug-likeness (QED) is 0.787. The molecule has 0 bridgehead atoms. The van der Waals surface area contributed by atoms with Gasteiger partial charge >= 0.3 is 0 Å². The zero-order valence-corrected chi connectivity index (χ0v) is 10.0. The number of nitrogen functional groups attached to an aromatic ring is 1. The number of nitrogens with one attached hydrogen (secondary N) is 1. The van der Waals surface area contributed by atoms with Crippen molar-refractivity contribution in [2.75, 3.05) is 16.2 Å². The van der Waals surface area contributed by atoms with E-state index in [0.29, 0.717) is 17.3 Å². The van der Waals surface area contributed by atoms with Crippen LogP contribution in [-0.4, -0.2) is 14.2 Å². The van der Waals surface area contributed by atoms with E-state index in [2.05, 4.69) is 4.72 Å². The van der Waals surface area contributed by atoms with Crippen molar-refractivity contribution >= 4 is 21.4 Å². The smallest absolute Gasteiger partial charge is 0.233 e. The Morgan fingerprint density at radius 3 is 2.75 bits per heavy atom. The summed E-state index contributed by atoms with van der Waals surface area (Å²) in [5.74, 6) is 0.570. The summed E-state index contributed by atoms with van der Waals surface area (Å²) in [6.07, 6.45) is 2.05. The molecule has 3 N–H and O–H groups in total. The highest BCUT2D eigenvalue weighted by Gasteiger charge is 2.28. The third kappa shape index (κ3) is 2.88. The normalized spacial score (nSPS) is 16.1. The van der Waals surface area contributed by atoms with Crippen LogP contribution < -0.4 is 10.5 Å².